The number of likely N-dealkylation sites (tertiary alicyclic amines) is 1. The molecular formula is C20H23N3O3. The zero-order valence-electron chi connectivity index (χ0n) is 14.9. The van der Waals surface area contributed by atoms with E-state index >= 15 is 0 Å². The van der Waals surface area contributed by atoms with E-state index in [0.717, 1.165) is 31.5 Å². The van der Waals surface area contributed by atoms with Gasteiger partial charge in [-0.1, -0.05) is 12.1 Å². The number of aromatic nitrogens is 1. The molecule has 3 rings (SSSR count). The first-order chi connectivity index (χ1) is 12.5. The van der Waals surface area contributed by atoms with Crippen LogP contribution in [0.4, 0.5) is 0 Å². The van der Waals surface area contributed by atoms with Crippen LogP contribution < -0.4 is 10.9 Å². The summed E-state index contributed by atoms with van der Waals surface area (Å²) >= 11 is 0. The van der Waals surface area contributed by atoms with E-state index in [1.165, 1.54) is 12.5 Å². The van der Waals surface area contributed by atoms with Crippen LogP contribution in [0.2, 0.25) is 0 Å². The van der Waals surface area contributed by atoms with Crippen molar-refractivity contribution in [3.63, 3.8) is 0 Å². The first-order valence-electron chi connectivity index (χ1n) is 8.91. The maximum absolute atomic E-state index is 12.4. The summed E-state index contributed by atoms with van der Waals surface area (Å²) in [4.78, 5) is 40.9. The molecule has 1 aliphatic rings. The Labute approximate surface area is 152 Å². The van der Waals surface area contributed by atoms with Crippen molar-refractivity contribution in [1.82, 2.24) is 15.2 Å². The number of rotatable bonds is 4. The van der Waals surface area contributed by atoms with Crippen LogP contribution in [0.3, 0.4) is 0 Å². The predicted octanol–water partition coefficient (Wildman–Crippen LogP) is 2.24. The standard InChI is InChI=1S/C20H23N3O3/c1-14-5-10-17(19(25)22-14)18(24)21-13-15-6-8-16(9-7-15)20(26)23-11-3-2-4-12-23/h5-10H,2-4,11-13H2,1H3,(H,21,24)(H,22,25). The van der Waals surface area contributed by atoms with Crippen molar-refractivity contribution in [2.75, 3.05) is 13.1 Å². The van der Waals surface area contributed by atoms with E-state index in [-0.39, 0.29) is 11.5 Å². The van der Waals surface area contributed by atoms with E-state index in [9.17, 15) is 14.4 Å². The number of piperidine rings is 1. The highest BCUT2D eigenvalue weighted by Crippen LogP contribution is 2.14. The normalized spacial score (nSPS) is 14.1. The molecule has 1 aromatic carbocycles. The molecule has 2 aromatic rings. The summed E-state index contributed by atoms with van der Waals surface area (Å²) in [6.07, 6.45) is 3.31. The van der Waals surface area contributed by atoms with E-state index in [0.29, 0.717) is 17.8 Å². The molecule has 2 heterocycles. The van der Waals surface area contributed by atoms with Crippen molar-refractivity contribution in [2.24, 2.45) is 0 Å². The minimum Gasteiger partial charge on any atom is -0.348 e. The minimum absolute atomic E-state index is 0.0616. The van der Waals surface area contributed by atoms with E-state index in [1.807, 2.05) is 17.0 Å². The molecule has 0 saturated carbocycles. The number of H-pyrrole nitrogens is 1. The highest BCUT2D eigenvalue weighted by Gasteiger charge is 2.18. The Bertz CT molecular complexity index is 849. The lowest BCUT2D eigenvalue weighted by Gasteiger charge is -2.26. The molecule has 6 nitrogen and oxygen atoms in total. The van der Waals surface area contributed by atoms with Crippen LogP contribution in [0.5, 0.6) is 0 Å². The summed E-state index contributed by atoms with van der Waals surface area (Å²) in [6, 6.07) is 10.4. The number of aromatic amines is 1. The van der Waals surface area contributed by atoms with Crippen LogP contribution >= 0.6 is 0 Å². The second kappa shape index (κ2) is 7.99. The zero-order chi connectivity index (χ0) is 18.5. The number of hydrogen-bond donors (Lipinski definition) is 2. The fourth-order valence-electron chi connectivity index (χ4n) is 3.07. The second-order valence-corrected chi connectivity index (χ2v) is 6.62. The molecule has 1 saturated heterocycles. The number of nitrogens with zero attached hydrogens (tertiary/aromatic N) is 1. The number of pyridine rings is 1. The van der Waals surface area contributed by atoms with Gasteiger partial charge in [-0.3, -0.25) is 14.4 Å². The highest BCUT2D eigenvalue weighted by atomic mass is 16.2. The highest BCUT2D eigenvalue weighted by molar-refractivity contribution is 5.94. The van der Waals surface area contributed by atoms with Crippen molar-refractivity contribution < 1.29 is 9.59 Å². The van der Waals surface area contributed by atoms with Crippen LogP contribution in [-0.4, -0.2) is 34.8 Å². The van der Waals surface area contributed by atoms with Crippen LogP contribution in [0.15, 0.2) is 41.2 Å². The molecule has 6 heteroatoms. The molecular weight excluding hydrogens is 330 g/mol. The van der Waals surface area contributed by atoms with Crippen molar-refractivity contribution in [3.05, 3.63) is 69.1 Å². The quantitative estimate of drug-likeness (QED) is 0.884. The third-order valence-electron chi connectivity index (χ3n) is 4.60. The third kappa shape index (κ3) is 4.20. The van der Waals surface area contributed by atoms with Crippen molar-refractivity contribution in [3.8, 4) is 0 Å². The minimum atomic E-state index is -0.417. The Kier molecular flexibility index (Phi) is 5.51. The number of amides is 2. The topological polar surface area (TPSA) is 82.3 Å². The molecule has 136 valence electrons. The lowest BCUT2D eigenvalue weighted by molar-refractivity contribution is 0.0724. The van der Waals surface area contributed by atoms with Gasteiger partial charge in [-0.15, -0.1) is 0 Å². The smallest absolute Gasteiger partial charge is 0.260 e. The lowest BCUT2D eigenvalue weighted by Crippen LogP contribution is -2.35. The summed E-state index contributed by atoms with van der Waals surface area (Å²) in [5.74, 6) is -0.355. The number of nitrogens with one attached hydrogen (secondary N) is 2. The Hall–Kier alpha value is -2.89. The van der Waals surface area contributed by atoms with Crippen LogP contribution in [0, 0.1) is 6.92 Å². The fraction of sp³-hybridized carbons (Fsp3) is 0.350. The largest absolute Gasteiger partial charge is 0.348 e. The van der Waals surface area contributed by atoms with Gasteiger partial charge < -0.3 is 15.2 Å². The summed E-state index contributed by atoms with van der Waals surface area (Å²) in [5.41, 5.74) is 1.94. The molecule has 0 radical (unpaired) electrons. The van der Waals surface area contributed by atoms with Gasteiger partial charge in [-0.2, -0.15) is 0 Å². The maximum atomic E-state index is 12.4. The molecule has 1 fully saturated rings. The number of benzene rings is 1. The fourth-order valence-corrected chi connectivity index (χ4v) is 3.07. The molecule has 0 atom stereocenters. The Morgan fingerprint density at radius 1 is 1.04 bits per heavy atom. The van der Waals surface area contributed by atoms with Gasteiger partial charge in [0.15, 0.2) is 0 Å². The van der Waals surface area contributed by atoms with Crippen LogP contribution in [0.1, 0.15) is 51.2 Å². The molecule has 0 unspecified atom stereocenters. The number of aryl methyl sites for hydroxylation is 1. The summed E-state index contributed by atoms with van der Waals surface area (Å²) in [5, 5.41) is 2.73. The lowest BCUT2D eigenvalue weighted by atomic mass is 10.1. The Morgan fingerprint density at radius 3 is 2.38 bits per heavy atom. The van der Waals surface area contributed by atoms with Gasteiger partial charge in [0.1, 0.15) is 5.56 Å². The van der Waals surface area contributed by atoms with E-state index in [1.54, 1.807) is 25.1 Å². The molecule has 0 aliphatic carbocycles. The number of carbonyl (C=O) groups excluding carboxylic acids is 2. The van der Waals surface area contributed by atoms with Gasteiger partial charge in [0.25, 0.3) is 17.4 Å². The molecule has 2 N–H and O–H groups in total. The van der Waals surface area contributed by atoms with Gasteiger partial charge >= 0.3 is 0 Å². The van der Waals surface area contributed by atoms with Gasteiger partial charge in [-0.05, 0) is 56.0 Å². The summed E-state index contributed by atoms with van der Waals surface area (Å²) < 4.78 is 0. The average Bonchev–Trinajstić information content (AvgIpc) is 2.66. The van der Waals surface area contributed by atoms with E-state index in [4.69, 9.17) is 0 Å². The summed E-state index contributed by atoms with van der Waals surface area (Å²) in [6.45, 7) is 3.70. The average molecular weight is 353 g/mol. The SMILES string of the molecule is Cc1ccc(C(=O)NCc2ccc(C(=O)N3CCCCC3)cc2)c(=O)[nH]1. The van der Waals surface area contributed by atoms with Crippen LogP contribution in [-0.2, 0) is 6.54 Å². The van der Waals surface area contributed by atoms with Crippen molar-refractivity contribution >= 4 is 11.8 Å². The van der Waals surface area contributed by atoms with Gasteiger partial charge in [0.05, 0.1) is 0 Å². The Morgan fingerprint density at radius 2 is 1.73 bits per heavy atom. The predicted molar refractivity (Wildman–Crippen MR) is 99.2 cm³/mol. The summed E-state index contributed by atoms with van der Waals surface area (Å²) in [7, 11) is 0. The zero-order valence-corrected chi connectivity index (χ0v) is 14.9. The maximum Gasteiger partial charge on any atom is 0.260 e. The number of carbonyl (C=O) groups is 2. The molecule has 0 bridgehead atoms. The first-order valence-corrected chi connectivity index (χ1v) is 8.91. The van der Waals surface area contributed by atoms with E-state index < -0.39 is 11.5 Å². The van der Waals surface area contributed by atoms with Crippen molar-refractivity contribution in [2.45, 2.75) is 32.7 Å². The first kappa shape index (κ1) is 17.9. The Balaban J connectivity index is 1.59. The molecule has 26 heavy (non-hydrogen) atoms. The number of hydrogen-bond acceptors (Lipinski definition) is 3. The molecule has 1 aromatic heterocycles. The van der Waals surface area contributed by atoms with E-state index in [2.05, 4.69) is 10.3 Å². The molecule has 2 amide bonds. The van der Waals surface area contributed by atoms with Gasteiger partial charge in [0.2, 0.25) is 0 Å². The van der Waals surface area contributed by atoms with Crippen LogP contribution in [0.25, 0.3) is 0 Å². The van der Waals surface area contributed by atoms with Crippen molar-refractivity contribution in [1.29, 1.82) is 0 Å². The monoisotopic (exact) mass is 353 g/mol. The second-order valence-electron chi connectivity index (χ2n) is 6.62. The van der Waals surface area contributed by atoms with Gasteiger partial charge in [-0.25, -0.2) is 0 Å². The van der Waals surface area contributed by atoms with Gasteiger partial charge in [0, 0.05) is 30.9 Å². The third-order valence-corrected chi connectivity index (χ3v) is 4.60. The molecule has 1 aliphatic heterocycles. The molecule has 0 spiro atoms.